The van der Waals surface area contributed by atoms with E-state index in [4.69, 9.17) is 0 Å². The number of anilines is 1. The molecule has 0 aliphatic heterocycles. The topological polar surface area (TPSA) is 87.7 Å². The van der Waals surface area contributed by atoms with Crippen LogP contribution in [-0.2, 0) is 15.4 Å². The van der Waals surface area contributed by atoms with Gasteiger partial charge in [0.25, 0.3) is 10.0 Å². The van der Waals surface area contributed by atoms with E-state index in [0.717, 1.165) is 17.0 Å². The van der Waals surface area contributed by atoms with E-state index >= 15 is 0 Å². The summed E-state index contributed by atoms with van der Waals surface area (Å²) in [5, 5.41) is 7.51. The number of hydrogen-bond acceptors (Lipinski definition) is 5. The van der Waals surface area contributed by atoms with Gasteiger partial charge in [-0.25, -0.2) is 13.4 Å². The highest BCUT2D eigenvalue weighted by Crippen LogP contribution is 2.24. The largest absolute Gasteiger partial charge is 0.280 e. The van der Waals surface area contributed by atoms with Crippen molar-refractivity contribution in [2.45, 2.75) is 37.3 Å². The summed E-state index contributed by atoms with van der Waals surface area (Å²) < 4.78 is 26.8. The van der Waals surface area contributed by atoms with Gasteiger partial charge in [-0.2, -0.15) is 5.10 Å². The van der Waals surface area contributed by atoms with E-state index in [1.807, 2.05) is 20.8 Å². The molecule has 0 unspecified atom stereocenters. The summed E-state index contributed by atoms with van der Waals surface area (Å²) in [5.41, 5.74) is 0.753. The highest BCUT2D eigenvalue weighted by Gasteiger charge is 2.21. The number of aromatic amines is 1. The number of thiazole rings is 1. The van der Waals surface area contributed by atoms with Crippen LogP contribution in [0.2, 0.25) is 0 Å². The van der Waals surface area contributed by atoms with Gasteiger partial charge in [0.1, 0.15) is 0 Å². The number of nitrogens with zero attached hydrogens (tertiary/aromatic N) is 2. The minimum atomic E-state index is -3.60. The molecule has 0 saturated heterocycles. The molecule has 2 heterocycles. The first-order valence-electron chi connectivity index (χ1n) is 5.69. The van der Waals surface area contributed by atoms with Crippen LogP contribution in [0.3, 0.4) is 0 Å². The lowest BCUT2D eigenvalue weighted by molar-refractivity contribution is 0.567. The van der Waals surface area contributed by atoms with Gasteiger partial charge in [-0.1, -0.05) is 20.8 Å². The highest BCUT2D eigenvalue weighted by atomic mass is 32.2. The Morgan fingerprint density at radius 1 is 1.37 bits per heavy atom. The van der Waals surface area contributed by atoms with Gasteiger partial charge < -0.3 is 0 Å². The summed E-state index contributed by atoms with van der Waals surface area (Å²) in [5.74, 6) is 0.288. The van der Waals surface area contributed by atoms with E-state index < -0.39 is 10.0 Å². The molecular formula is C11H16N4O2S2. The Morgan fingerprint density at radius 2 is 2.05 bits per heavy atom. The zero-order valence-electron chi connectivity index (χ0n) is 11.2. The molecule has 0 radical (unpaired) electrons. The smallest absolute Gasteiger partial charge is 0.274 e. The van der Waals surface area contributed by atoms with E-state index in [0.29, 0.717) is 5.01 Å². The second kappa shape index (κ2) is 4.61. The number of aryl methyl sites for hydroxylation is 1. The van der Waals surface area contributed by atoms with Crippen LogP contribution >= 0.6 is 11.3 Å². The minimum absolute atomic E-state index is 0.113. The number of H-pyrrole nitrogens is 1. The molecule has 0 aliphatic carbocycles. The normalized spacial score (nSPS) is 12.6. The van der Waals surface area contributed by atoms with Crippen molar-refractivity contribution in [3.63, 3.8) is 0 Å². The molecule has 2 aromatic rings. The van der Waals surface area contributed by atoms with Gasteiger partial charge in [-0.05, 0) is 6.92 Å². The van der Waals surface area contributed by atoms with E-state index in [-0.39, 0.29) is 15.4 Å². The summed E-state index contributed by atoms with van der Waals surface area (Å²) in [7, 11) is -3.60. The molecule has 0 aliphatic rings. The molecule has 6 nitrogen and oxygen atoms in total. The van der Waals surface area contributed by atoms with Gasteiger partial charge in [0.15, 0.2) is 10.0 Å². The van der Waals surface area contributed by atoms with Crippen LogP contribution in [0.4, 0.5) is 5.82 Å². The Bertz CT molecular complexity index is 680. The zero-order valence-corrected chi connectivity index (χ0v) is 12.8. The quantitative estimate of drug-likeness (QED) is 0.910. The van der Waals surface area contributed by atoms with Crippen LogP contribution in [0.15, 0.2) is 16.5 Å². The fourth-order valence-corrected chi connectivity index (χ4v) is 3.51. The fraction of sp³-hybridized carbons (Fsp3) is 0.455. The Balaban J connectivity index is 2.24. The molecule has 0 fully saturated rings. The van der Waals surface area contributed by atoms with Gasteiger partial charge in [0.2, 0.25) is 0 Å². The van der Waals surface area contributed by atoms with Gasteiger partial charge in [0, 0.05) is 17.2 Å². The first-order chi connectivity index (χ1) is 8.68. The molecule has 0 atom stereocenters. The molecule has 0 spiro atoms. The average molecular weight is 300 g/mol. The Kier molecular flexibility index (Phi) is 3.40. The molecule has 8 heteroatoms. The van der Waals surface area contributed by atoms with Crippen molar-refractivity contribution in [1.29, 1.82) is 0 Å². The summed E-state index contributed by atoms with van der Waals surface area (Å²) in [6.07, 6.45) is 1.35. The third-order valence-electron chi connectivity index (χ3n) is 2.49. The van der Waals surface area contributed by atoms with E-state index in [2.05, 4.69) is 19.9 Å². The number of sulfonamides is 1. The Labute approximate surface area is 116 Å². The van der Waals surface area contributed by atoms with E-state index in [1.54, 1.807) is 13.0 Å². The molecule has 0 aromatic carbocycles. The summed E-state index contributed by atoms with van der Waals surface area (Å²) in [4.78, 5) is 3.94. The molecule has 2 aromatic heterocycles. The maximum Gasteiger partial charge on any atom is 0.274 e. The van der Waals surface area contributed by atoms with E-state index in [9.17, 15) is 8.42 Å². The number of hydrogen-bond donors (Lipinski definition) is 2. The van der Waals surface area contributed by atoms with Crippen LogP contribution in [0, 0.1) is 6.92 Å². The van der Waals surface area contributed by atoms with Crippen molar-refractivity contribution < 1.29 is 8.42 Å². The molecule has 104 valence electrons. The number of rotatable bonds is 3. The number of aromatic nitrogens is 3. The lowest BCUT2D eigenvalue weighted by Gasteiger charge is -2.14. The van der Waals surface area contributed by atoms with Gasteiger partial charge >= 0.3 is 0 Å². The zero-order chi connectivity index (χ0) is 14.3. The van der Waals surface area contributed by atoms with Gasteiger partial charge in [-0.3, -0.25) is 9.82 Å². The SMILES string of the molecule is Cc1ncc(S(=O)(=O)Nc2cc(C(C)(C)C)[nH]n2)s1. The molecule has 2 N–H and O–H groups in total. The maximum absolute atomic E-state index is 12.1. The third kappa shape index (κ3) is 3.13. The van der Waals surface area contributed by atoms with Crippen LogP contribution in [0.1, 0.15) is 31.5 Å². The monoisotopic (exact) mass is 300 g/mol. The molecule has 0 saturated carbocycles. The number of nitrogens with one attached hydrogen (secondary N) is 2. The second-order valence-electron chi connectivity index (χ2n) is 5.22. The van der Waals surface area contributed by atoms with Crippen LogP contribution in [-0.4, -0.2) is 23.6 Å². The second-order valence-corrected chi connectivity index (χ2v) is 8.36. The predicted molar refractivity (Wildman–Crippen MR) is 74.9 cm³/mol. The summed E-state index contributed by atoms with van der Waals surface area (Å²) >= 11 is 1.13. The Morgan fingerprint density at radius 3 is 2.53 bits per heavy atom. The summed E-state index contributed by atoms with van der Waals surface area (Å²) in [6, 6.07) is 1.70. The van der Waals surface area contributed by atoms with Gasteiger partial charge in [-0.15, -0.1) is 11.3 Å². The van der Waals surface area contributed by atoms with Crippen LogP contribution in [0.5, 0.6) is 0 Å². The predicted octanol–water partition coefficient (Wildman–Crippen LogP) is 2.27. The molecular weight excluding hydrogens is 284 g/mol. The third-order valence-corrected chi connectivity index (χ3v) is 5.22. The van der Waals surface area contributed by atoms with Crippen molar-refractivity contribution in [2.75, 3.05) is 4.72 Å². The average Bonchev–Trinajstić information content (AvgIpc) is 2.85. The first kappa shape index (κ1) is 14.0. The lowest BCUT2D eigenvalue weighted by atomic mass is 9.92. The van der Waals surface area contributed by atoms with Crippen molar-refractivity contribution in [2.24, 2.45) is 0 Å². The van der Waals surface area contributed by atoms with E-state index in [1.165, 1.54) is 6.20 Å². The van der Waals surface area contributed by atoms with Crippen molar-refractivity contribution >= 4 is 27.2 Å². The minimum Gasteiger partial charge on any atom is -0.280 e. The molecule has 19 heavy (non-hydrogen) atoms. The van der Waals surface area contributed by atoms with Gasteiger partial charge in [0.05, 0.1) is 11.2 Å². The first-order valence-corrected chi connectivity index (χ1v) is 7.99. The molecule has 0 bridgehead atoms. The lowest BCUT2D eigenvalue weighted by Crippen LogP contribution is -2.12. The summed E-state index contributed by atoms with van der Waals surface area (Å²) in [6.45, 7) is 7.82. The van der Waals surface area contributed by atoms with Crippen LogP contribution in [0.25, 0.3) is 0 Å². The Hall–Kier alpha value is -1.41. The standard InChI is InChI=1S/C11H16N4O2S2/c1-7-12-6-10(18-7)19(16,17)15-9-5-8(13-14-9)11(2,3)4/h5-6H,1-4H3,(H2,13,14,15). The molecule has 0 amide bonds. The van der Waals surface area contributed by atoms with Crippen molar-refractivity contribution in [1.82, 2.24) is 15.2 Å². The van der Waals surface area contributed by atoms with Crippen molar-refractivity contribution in [3.8, 4) is 0 Å². The maximum atomic E-state index is 12.1. The highest BCUT2D eigenvalue weighted by molar-refractivity contribution is 7.94. The molecule has 2 rings (SSSR count). The fourth-order valence-electron chi connectivity index (χ4n) is 1.41. The van der Waals surface area contributed by atoms with Crippen molar-refractivity contribution in [3.05, 3.63) is 23.0 Å². The van der Waals surface area contributed by atoms with Crippen LogP contribution < -0.4 is 4.72 Å².